The monoisotopic (exact) mass is 344 g/mol. The van der Waals surface area contributed by atoms with Crippen molar-refractivity contribution >= 4 is 34.7 Å². The molecule has 0 spiro atoms. The van der Waals surface area contributed by atoms with E-state index in [1.165, 1.54) is 29.9 Å². The number of nitrogens with zero attached hydrogens (tertiary/aromatic N) is 4. The van der Waals surface area contributed by atoms with Crippen LogP contribution in [0.15, 0.2) is 16.5 Å². The van der Waals surface area contributed by atoms with Gasteiger partial charge in [-0.2, -0.15) is 0 Å². The second-order valence-electron chi connectivity index (χ2n) is 4.75. The third-order valence-corrected chi connectivity index (χ3v) is 4.90. The van der Waals surface area contributed by atoms with Gasteiger partial charge < -0.3 is 20.1 Å². The van der Waals surface area contributed by atoms with Crippen LogP contribution in [0.3, 0.4) is 0 Å². The Kier molecular flexibility index (Phi) is 4.57. The summed E-state index contributed by atoms with van der Waals surface area (Å²) in [7, 11) is 0. The smallest absolute Gasteiger partial charge is 0.172 e. The topological polar surface area (TPSA) is 114 Å². The average molecular weight is 344 g/mol. The molecule has 1 aliphatic heterocycles. The van der Waals surface area contributed by atoms with Crippen LogP contribution in [-0.2, 0) is 4.74 Å². The number of aliphatic hydroxyl groups is 3. The second kappa shape index (κ2) is 6.30. The first-order chi connectivity index (χ1) is 10.6. The molecule has 3 N–H and O–H groups in total. The number of rotatable bonds is 4. The van der Waals surface area contributed by atoms with E-state index in [1.54, 1.807) is 4.57 Å². The molecular weight excluding hydrogens is 328 g/mol. The van der Waals surface area contributed by atoms with E-state index in [9.17, 15) is 15.3 Å². The molecule has 0 radical (unpaired) electrons. The molecule has 1 fully saturated rings. The lowest BCUT2D eigenvalue weighted by molar-refractivity contribution is -0.0548. The van der Waals surface area contributed by atoms with Gasteiger partial charge in [0.2, 0.25) is 0 Å². The zero-order valence-electron chi connectivity index (χ0n) is 11.9. The number of fused-ring (bicyclic) bond motifs is 1. The summed E-state index contributed by atoms with van der Waals surface area (Å²) in [5.74, 6) is 0. The Balaban J connectivity index is 2.14. The van der Waals surface area contributed by atoms with Crippen LogP contribution < -0.4 is 0 Å². The van der Waals surface area contributed by atoms with Gasteiger partial charge in [0.25, 0.3) is 0 Å². The highest BCUT2D eigenvalue weighted by atomic mass is 32.2. The van der Waals surface area contributed by atoms with Gasteiger partial charge in [0.05, 0.1) is 6.61 Å². The van der Waals surface area contributed by atoms with E-state index < -0.39 is 24.5 Å². The Morgan fingerprint density at radius 2 is 2.00 bits per heavy atom. The fourth-order valence-corrected chi connectivity index (χ4v) is 3.54. The molecule has 0 saturated carbocycles. The number of imidazole rings is 1. The molecule has 10 heteroatoms. The molecule has 120 valence electrons. The molecule has 0 aliphatic carbocycles. The number of aromatic nitrogens is 4. The van der Waals surface area contributed by atoms with Crippen molar-refractivity contribution in [1.82, 2.24) is 19.5 Å². The van der Waals surface area contributed by atoms with Crippen LogP contribution in [0.25, 0.3) is 11.2 Å². The van der Waals surface area contributed by atoms with Crippen LogP contribution >= 0.6 is 23.5 Å². The Bertz CT molecular complexity index is 682. The lowest BCUT2D eigenvalue weighted by atomic mass is 10.1. The standard InChI is InChI=1S/C12H16N4O4S2/c1-21-10-6-9(13-4-14-10)16(12(15-6)22-2)11-8(19)7(18)5(3-17)20-11/h4-5,7-8,11,17-19H,3H2,1-2H3/t5-,7-,8-,11-/m1/s1. The van der Waals surface area contributed by atoms with E-state index in [-0.39, 0.29) is 6.61 Å². The fraction of sp³-hybridized carbons (Fsp3) is 0.583. The van der Waals surface area contributed by atoms with Crippen molar-refractivity contribution in [3.05, 3.63) is 6.33 Å². The molecule has 22 heavy (non-hydrogen) atoms. The first-order valence-electron chi connectivity index (χ1n) is 6.55. The Morgan fingerprint density at radius 3 is 2.59 bits per heavy atom. The van der Waals surface area contributed by atoms with Crippen molar-refractivity contribution in [1.29, 1.82) is 0 Å². The van der Waals surface area contributed by atoms with Crippen molar-refractivity contribution in [2.45, 2.75) is 34.7 Å². The molecule has 4 atom stereocenters. The summed E-state index contributed by atoms with van der Waals surface area (Å²) >= 11 is 2.83. The van der Waals surface area contributed by atoms with Gasteiger partial charge in [-0.15, -0.1) is 11.8 Å². The maximum absolute atomic E-state index is 10.2. The number of hydrogen-bond acceptors (Lipinski definition) is 9. The first kappa shape index (κ1) is 16.0. The average Bonchev–Trinajstić information content (AvgIpc) is 3.05. The van der Waals surface area contributed by atoms with E-state index in [0.717, 1.165) is 5.03 Å². The van der Waals surface area contributed by atoms with Crippen LogP contribution in [0.1, 0.15) is 6.23 Å². The summed E-state index contributed by atoms with van der Waals surface area (Å²) in [6.07, 6.45) is 1.14. The van der Waals surface area contributed by atoms with Crippen molar-refractivity contribution in [3.8, 4) is 0 Å². The Labute approximate surface area is 134 Å². The van der Waals surface area contributed by atoms with Gasteiger partial charge in [-0.3, -0.25) is 4.57 Å². The minimum atomic E-state index is -1.17. The molecule has 2 aromatic rings. The molecule has 2 aromatic heterocycles. The zero-order valence-corrected chi connectivity index (χ0v) is 13.6. The molecule has 3 heterocycles. The molecule has 0 unspecified atom stereocenters. The SMILES string of the molecule is CSc1ncnc2c1nc(SC)n2[C@@H]1O[C@H](CO)[C@@H](O)[C@H]1O. The summed E-state index contributed by atoms with van der Waals surface area (Å²) in [5.41, 5.74) is 1.15. The summed E-state index contributed by atoms with van der Waals surface area (Å²) in [4.78, 5) is 12.9. The van der Waals surface area contributed by atoms with Gasteiger partial charge in [-0.25, -0.2) is 15.0 Å². The number of ether oxygens (including phenoxy) is 1. The van der Waals surface area contributed by atoms with E-state index in [0.29, 0.717) is 16.3 Å². The lowest BCUT2D eigenvalue weighted by Crippen LogP contribution is -2.33. The predicted octanol–water partition coefficient (Wildman–Crippen LogP) is -0.118. The zero-order chi connectivity index (χ0) is 15.9. The van der Waals surface area contributed by atoms with Gasteiger partial charge >= 0.3 is 0 Å². The van der Waals surface area contributed by atoms with E-state index in [1.807, 2.05) is 12.5 Å². The number of aliphatic hydroxyl groups excluding tert-OH is 3. The molecule has 0 aromatic carbocycles. The van der Waals surface area contributed by atoms with Crippen molar-refractivity contribution < 1.29 is 20.1 Å². The first-order valence-corrected chi connectivity index (χ1v) is 9.00. The summed E-state index contributed by atoms with van der Waals surface area (Å²) in [6.45, 7) is -0.374. The third-order valence-electron chi connectivity index (χ3n) is 3.56. The Morgan fingerprint density at radius 1 is 1.23 bits per heavy atom. The highest BCUT2D eigenvalue weighted by molar-refractivity contribution is 7.99. The molecule has 0 bridgehead atoms. The highest BCUT2D eigenvalue weighted by Gasteiger charge is 2.44. The van der Waals surface area contributed by atoms with E-state index in [4.69, 9.17) is 4.74 Å². The molecule has 1 saturated heterocycles. The summed E-state index contributed by atoms with van der Waals surface area (Å²) in [6, 6.07) is 0. The predicted molar refractivity (Wildman–Crippen MR) is 81.9 cm³/mol. The quantitative estimate of drug-likeness (QED) is 0.516. The van der Waals surface area contributed by atoms with Gasteiger partial charge in [-0.1, -0.05) is 11.8 Å². The van der Waals surface area contributed by atoms with Gasteiger partial charge in [0.15, 0.2) is 17.0 Å². The fourth-order valence-electron chi connectivity index (χ4n) is 2.48. The van der Waals surface area contributed by atoms with Gasteiger partial charge in [-0.05, 0) is 12.5 Å². The van der Waals surface area contributed by atoms with Gasteiger partial charge in [0, 0.05) is 0 Å². The Hall–Kier alpha value is -0.910. The third kappa shape index (κ3) is 2.39. The lowest BCUT2D eigenvalue weighted by Gasteiger charge is -2.18. The van der Waals surface area contributed by atoms with Crippen LogP contribution in [0, 0.1) is 0 Å². The largest absolute Gasteiger partial charge is 0.394 e. The van der Waals surface area contributed by atoms with E-state index >= 15 is 0 Å². The minimum absolute atomic E-state index is 0.374. The molecule has 0 amide bonds. The minimum Gasteiger partial charge on any atom is -0.394 e. The van der Waals surface area contributed by atoms with Gasteiger partial charge in [0.1, 0.15) is 35.2 Å². The molecular formula is C12H16N4O4S2. The number of thioether (sulfide) groups is 2. The molecule has 8 nitrogen and oxygen atoms in total. The highest BCUT2D eigenvalue weighted by Crippen LogP contribution is 2.36. The number of hydrogen-bond donors (Lipinski definition) is 3. The molecule has 3 rings (SSSR count). The van der Waals surface area contributed by atoms with Crippen molar-refractivity contribution in [2.75, 3.05) is 19.1 Å². The van der Waals surface area contributed by atoms with Crippen molar-refractivity contribution in [3.63, 3.8) is 0 Å². The molecule has 1 aliphatic rings. The maximum atomic E-state index is 10.2. The van der Waals surface area contributed by atoms with Crippen LogP contribution in [0.5, 0.6) is 0 Å². The van der Waals surface area contributed by atoms with Crippen LogP contribution in [0.4, 0.5) is 0 Å². The van der Waals surface area contributed by atoms with E-state index in [2.05, 4.69) is 15.0 Å². The summed E-state index contributed by atoms with van der Waals surface area (Å²) in [5, 5.41) is 30.8. The van der Waals surface area contributed by atoms with Crippen LogP contribution in [-0.4, -0.2) is 72.3 Å². The maximum Gasteiger partial charge on any atom is 0.172 e. The normalized spacial score (nSPS) is 28.6. The second-order valence-corrected chi connectivity index (χ2v) is 6.32. The summed E-state index contributed by atoms with van der Waals surface area (Å²) < 4.78 is 7.24. The van der Waals surface area contributed by atoms with Crippen molar-refractivity contribution in [2.24, 2.45) is 0 Å². The van der Waals surface area contributed by atoms with Crippen LogP contribution in [0.2, 0.25) is 0 Å².